The van der Waals surface area contributed by atoms with E-state index in [4.69, 9.17) is 4.84 Å². The topological polar surface area (TPSA) is 111 Å². The van der Waals surface area contributed by atoms with Crippen LogP contribution in [0.4, 0.5) is 32.4 Å². The second kappa shape index (κ2) is 12.9. The van der Waals surface area contributed by atoms with Crippen molar-refractivity contribution < 1.29 is 41.1 Å². The molecule has 0 radical (unpaired) electrons. The van der Waals surface area contributed by atoms with E-state index in [1.165, 1.54) is 53.5 Å². The Kier molecular flexibility index (Phi) is 9.12. The van der Waals surface area contributed by atoms with Crippen molar-refractivity contribution >= 4 is 34.6 Å². The molecule has 1 aromatic heterocycles. The molecule has 3 aromatic carbocycles. The maximum atomic E-state index is 14.3. The Bertz CT molecular complexity index is 1770. The zero-order valence-electron chi connectivity index (χ0n) is 24.4. The van der Waals surface area contributed by atoms with Crippen molar-refractivity contribution in [3.8, 4) is 22.8 Å². The summed E-state index contributed by atoms with van der Waals surface area (Å²) in [5.74, 6) is -3.81. The molecular weight excluding hydrogens is 635 g/mol. The van der Waals surface area contributed by atoms with E-state index in [0.717, 1.165) is 23.6 Å². The number of urea groups is 1. The van der Waals surface area contributed by atoms with Gasteiger partial charge in [0.2, 0.25) is 5.91 Å². The number of hydrogen-bond donors (Lipinski definition) is 1. The van der Waals surface area contributed by atoms with E-state index in [2.05, 4.69) is 25.3 Å². The number of amidine groups is 1. The minimum atomic E-state index is -4.79. The van der Waals surface area contributed by atoms with Gasteiger partial charge in [-0.25, -0.2) is 28.7 Å². The summed E-state index contributed by atoms with van der Waals surface area (Å²) in [5, 5.41) is 4.30. The van der Waals surface area contributed by atoms with Crippen LogP contribution in [0.15, 0.2) is 78.0 Å². The van der Waals surface area contributed by atoms with Crippen molar-refractivity contribution in [3.05, 3.63) is 89.7 Å². The Morgan fingerprint density at radius 2 is 1.74 bits per heavy atom. The molecule has 1 unspecified atom stereocenters. The summed E-state index contributed by atoms with van der Waals surface area (Å²) in [4.78, 5) is 39.9. The van der Waals surface area contributed by atoms with Gasteiger partial charge in [0.25, 0.3) is 5.92 Å². The van der Waals surface area contributed by atoms with Gasteiger partial charge in [-0.05, 0) is 55.3 Å². The third-order valence-electron chi connectivity index (χ3n) is 6.62. The third kappa shape index (κ3) is 7.69. The molecule has 0 aliphatic carbocycles. The molecule has 1 aliphatic rings. The highest BCUT2D eigenvalue weighted by molar-refractivity contribution is 8.15. The van der Waals surface area contributed by atoms with Gasteiger partial charge in [0.15, 0.2) is 11.0 Å². The van der Waals surface area contributed by atoms with Crippen molar-refractivity contribution in [3.63, 3.8) is 0 Å². The number of alkyl halides is 5. The molecule has 2 heterocycles. The third-order valence-corrected chi connectivity index (χ3v) is 7.54. The van der Waals surface area contributed by atoms with E-state index in [1.807, 2.05) is 0 Å². The molecule has 1 N–H and O–H groups in total. The van der Waals surface area contributed by atoms with Crippen molar-refractivity contribution in [2.75, 3.05) is 10.7 Å². The van der Waals surface area contributed by atoms with Crippen LogP contribution in [0.3, 0.4) is 0 Å². The summed E-state index contributed by atoms with van der Waals surface area (Å²) in [5.41, 5.74) is 4.22. The number of rotatable bonds is 8. The Balaban J connectivity index is 1.21. The van der Waals surface area contributed by atoms with Crippen molar-refractivity contribution in [2.45, 2.75) is 39.2 Å². The molecule has 10 nitrogen and oxygen atoms in total. The first-order valence-electron chi connectivity index (χ1n) is 13.5. The summed E-state index contributed by atoms with van der Waals surface area (Å²) < 4.78 is 71.1. The number of amides is 3. The van der Waals surface area contributed by atoms with Crippen LogP contribution in [0.1, 0.15) is 36.6 Å². The maximum Gasteiger partial charge on any atom is 0.573 e. The minimum absolute atomic E-state index is 0.0452. The predicted molar refractivity (Wildman–Crippen MR) is 160 cm³/mol. The van der Waals surface area contributed by atoms with Crippen LogP contribution in [0.5, 0.6) is 5.75 Å². The molecule has 5 rings (SSSR count). The first-order chi connectivity index (χ1) is 21.7. The highest BCUT2D eigenvalue weighted by Crippen LogP contribution is 2.38. The number of thioether (sulfide) groups is 1. The van der Waals surface area contributed by atoms with Gasteiger partial charge in [0.05, 0.1) is 17.1 Å². The lowest BCUT2D eigenvalue weighted by Crippen LogP contribution is -2.33. The number of benzene rings is 3. The number of aryl methyl sites for hydroxylation is 1. The van der Waals surface area contributed by atoms with E-state index in [9.17, 15) is 31.5 Å². The van der Waals surface area contributed by atoms with Crippen LogP contribution in [-0.4, -0.2) is 44.0 Å². The van der Waals surface area contributed by atoms with Gasteiger partial charge in [-0.2, -0.15) is 4.99 Å². The molecule has 1 atom stereocenters. The lowest BCUT2D eigenvalue weighted by molar-refractivity contribution is -0.274. The maximum absolute atomic E-state index is 14.3. The highest BCUT2D eigenvalue weighted by Gasteiger charge is 2.37. The van der Waals surface area contributed by atoms with Gasteiger partial charge in [-0.3, -0.25) is 14.5 Å². The standard InChI is InChI=1S/C30H25F5N6O4S/c1-17-4-13-23(29(3,31)32)24(14-17)41-25(42)15-46-28(41)37-27(43)39-45-18(2)19-5-7-20(8-6-19)26-36-16-40(38-26)21-9-11-22(12-10-21)44-30(33,34)35/h4-14,16,18H,15H2,1-3H3,(H,39,43). The first kappa shape index (κ1) is 32.6. The largest absolute Gasteiger partial charge is 0.573 e. The molecule has 0 spiro atoms. The molecule has 3 amide bonds. The van der Waals surface area contributed by atoms with Crippen molar-refractivity contribution in [2.24, 2.45) is 4.99 Å². The van der Waals surface area contributed by atoms with Crippen molar-refractivity contribution in [1.29, 1.82) is 0 Å². The number of anilines is 1. The summed E-state index contributed by atoms with van der Waals surface area (Å²) in [6.45, 7) is 4.10. The smallest absolute Gasteiger partial charge is 0.406 e. The lowest BCUT2D eigenvalue weighted by atomic mass is 10.0. The molecule has 240 valence electrons. The fourth-order valence-corrected chi connectivity index (χ4v) is 5.28. The number of hydrogen-bond acceptors (Lipinski definition) is 7. The van der Waals surface area contributed by atoms with Crippen molar-refractivity contribution in [1.82, 2.24) is 20.2 Å². The summed E-state index contributed by atoms with van der Waals surface area (Å²) in [6.07, 6.45) is -4.02. The molecule has 4 aromatic rings. The SMILES string of the molecule is Cc1ccc(C(C)(F)F)c(N2C(=O)CSC2=NC(=O)NOC(C)c2ccc(-c3ncn(-c4ccc(OC(F)(F)F)cc4)n3)cc2)c1. The number of aliphatic imine (C=N–C) groups is 1. The molecule has 46 heavy (non-hydrogen) atoms. The molecule has 1 aliphatic heterocycles. The first-order valence-corrected chi connectivity index (χ1v) is 14.5. The Morgan fingerprint density at radius 3 is 2.39 bits per heavy atom. The lowest BCUT2D eigenvalue weighted by Gasteiger charge is -2.23. The van der Waals surface area contributed by atoms with Gasteiger partial charge in [0, 0.05) is 18.1 Å². The second-order valence-corrected chi connectivity index (χ2v) is 11.1. The number of nitrogens with zero attached hydrogens (tertiary/aromatic N) is 5. The van der Waals surface area contributed by atoms with Crippen LogP contribution in [0.25, 0.3) is 17.1 Å². The predicted octanol–water partition coefficient (Wildman–Crippen LogP) is 7.09. The normalized spacial score (nSPS) is 15.3. The van der Waals surface area contributed by atoms with E-state index < -0.39 is 30.3 Å². The number of ether oxygens (including phenoxy) is 1. The quantitative estimate of drug-likeness (QED) is 0.159. The minimum Gasteiger partial charge on any atom is -0.406 e. The van der Waals surface area contributed by atoms with E-state index >= 15 is 0 Å². The van der Waals surface area contributed by atoms with Crippen LogP contribution in [0, 0.1) is 6.92 Å². The molecule has 16 heteroatoms. The number of carbonyl (C=O) groups is 2. The fraction of sp³-hybridized carbons (Fsp3) is 0.233. The number of aromatic nitrogens is 3. The average Bonchev–Trinajstić information content (AvgIpc) is 3.62. The Morgan fingerprint density at radius 1 is 1.04 bits per heavy atom. The van der Waals surface area contributed by atoms with Crippen LogP contribution < -0.4 is 15.1 Å². The van der Waals surface area contributed by atoms with E-state index in [0.29, 0.717) is 28.2 Å². The van der Waals surface area contributed by atoms with Gasteiger partial charge in [0.1, 0.15) is 18.2 Å². The molecule has 1 fully saturated rings. The second-order valence-electron chi connectivity index (χ2n) is 10.2. The van der Waals surface area contributed by atoms with Gasteiger partial charge < -0.3 is 4.74 Å². The van der Waals surface area contributed by atoms with Gasteiger partial charge >= 0.3 is 12.4 Å². The number of nitrogens with one attached hydrogen (secondary N) is 1. The highest BCUT2D eigenvalue weighted by atomic mass is 32.2. The van der Waals surface area contributed by atoms with Crippen LogP contribution in [0.2, 0.25) is 0 Å². The van der Waals surface area contributed by atoms with Crippen LogP contribution in [-0.2, 0) is 15.6 Å². The Labute approximate surface area is 263 Å². The number of halogens is 5. The molecule has 1 saturated heterocycles. The summed E-state index contributed by atoms with van der Waals surface area (Å²) >= 11 is 0.945. The average molecular weight is 661 g/mol. The van der Waals surface area contributed by atoms with E-state index in [1.54, 1.807) is 38.1 Å². The monoisotopic (exact) mass is 660 g/mol. The molecular formula is C30H25F5N6O4S. The fourth-order valence-electron chi connectivity index (χ4n) is 4.42. The molecule has 0 saturated carbocycles. The van der Waals surface area contributed by atoms with Gasteiger partial charge in [-0.15, -0.1) is 18.3 Å². The summed E-state index contributed by atoms with van der Waals surface area (Å²) in [6, 6.07) is 15.3. The zero-order valence-corrected chi connectivity index (χ0v) is 25.2. The van der Waals surface area contributed by atoms with Crippen LogP contribution >= 0.6 is 11.8 Å². The van der Waals surface area contributed by atoms with Gasteiger partial charge in [-0.1, -0.05) is 48.2 Å². The molecule has 0 bridgehead atoms. The zero-order chi connectivity index (χ0) is 33.2. The number of carbonyl (C=O) groups excluding carboxylic acids is 2. The summed E-state index contributed by atoms with van der Waals surface area (Å²) in [7, 11) is 0. The Hall–Kier alpha value is -4.83. The number of hydroxylamine groups is 1. The van der Waals surface area contributed by atoms with E-state index in [-0.39, 0.29) is 27.9 Å².